The molecule has 0 N–H and O–H groups in total. The Bertz CT molecular complexity index is 664. The average molecular weight is 340 g/mol. The van der Waals surface area contributed by atoms with E-state index in [2.05, 4.69) is 16.1 Å². The molecular formula is C20H28N4O. The molecule has 1 amide bonds. The van der Waals surface area contributed by atoms with Gasteiger partial charge >= 0.3 is 0 Å². The molecule has 25 heavy (non-hydrogen) atoms. The molecule has 4 fully saturated rings. The van der Waals surface area contributed by atoms with Crippen LogP contribution in [0.3, 0.4) is 0 Å². The molecule has 0 aromatic carbocycles. The minimum absolute atomic E-state index is 0.0191. The lowest BCUT2D eigenvalue weighted by Crippen LogP contribution is -2.61. The molecule has 1 heterocycles. The van der Waals surface area contributed by atoms with E-state index in [1.165, 1.54) is 19.3 Å². The van der Waals surface area contributed by atoms with E-state index in [-0.39, 0.29) is 17.5 Å². The number of carbonyl (C=O) groups is 1. The molecule has 0 spiro atoms. The summed E-state index contributed by atoms with van der Waals surface area (Å²) in [5.41, 5.74) is 0.651. The van der Waals surface area contributed by atoms with Crippen LogP contribution in [0.5, 0.6) is 0 Å². The van der Waals surface area contributed by atoms with Crippen molar-refractivity contribution in [2.75, 3.05) is 6.54 Å². The molecule has 1 aromatic heterocycles. The van der Waals surface area contributed by atoms with E-state index in [4.69, 9.17) is 5.26 Å². The Morgan fingerprint density at radius 1 is 1.32 bits per heavy atom. The van der Waals surface area contributed by atoms with Crippen LogP contribution in [0.4, 0.5) is 0 Å². The van der Waals surface area contributed by atoms with Crippen LogP contribution in [0.25, 0.3) is 0 Å². The number of nitrogens with zero attached hydrogens (tertiary/aromatic N) is 4. The molecule has 134 valence electrons. The van der Waals surface area contributed by atoms with Crippen LogP contribution in [0.1, 0.15) is 75.3 Å². The highest BCUT2D eigenvalue weighted by atomic mass is 16.2. The van der Waals surface area contributed by atoms with Crippen molar-refractivity contribution in [3.05, 3.63) is 18.0 Å². The molecule has 4 saturated carbocycles. The van der Waals surface area contributed by atoms with Crippen molar-refractivity contribution in [1.29, 1.82) is 5.26 Å². The number of carbonyl (C=O) groups excluding carboxylic acids is 1. The monoisotopic (exact) mass is 340 g/mol. The van der Waals surface area contributed by atoms with Crippen LogP contribution >= 0.6 is 0 Å². The van der Waals surface area contributed by atoms with Gasteiger partial charge in [-0.05, 0) is 76.2 Å². The van der Waals surface area contributed by atoms with Gasteiger partial charge in [-0.1, -0.05) is 0 Å². The Morgan fingerprint density at radius 2 is 1.92 bits per heavy atom. The van der Waals surface area contributed by atoms with E-state index in [0.29, 0.717) is 18.7 Å². The zero-order valence-corrected chi connectivity index (χ0v) is 15.3. The van der Waals surface area contributed by atoms with Crippen LogP contribution in [-0.4, -0.2) is 32.7 Å². The fraction of sp³-hybridized carbons (Fsp3) is 0.750. The third-order valence-corrected chi connectivity index (χ3v) is 6.65. The van der Waals surface area contributed by atoms with E-state index in [0.717, 1.165) is 37.0 Å². The van der Waals surface area contributed by atoms with Gasteiger partial charge < -0.3 is 4.90 Å². The van der Waals surface area contributed by atoms with Crippen molar-refractivity contribution in [3.63, 3.8) is 0 Å². The van der Waals surface area contributed by atoms with Gasteiger partial charge in [0.25, 0.3) is 5.91 Å². The van der Waals surface area contributed by atoms with E-state index in [9.17, 15) is 4.79 Å². The van der Waals surface area contributed by atoms with Crippen molar-refractivity contribution in [2.24, 2.45) is 17.8 Å². The van der Waals surface area contributed by atoms with Gasteiger partial charge in [-0.2, -0.15) is 10.4 Å². The summed E-state index contributed by atoms with van der Waals surface area (Å²) in [5, 5.41) is 13.5. The summed E-state index contributed by atoms with van der Waals surface area (Å²) >= 11 is 0. The summed E-state index contributed by atoms with van der Waals surface area (Å²) in [5.74, 6) is 2.40. The molecule has 5 rings (SSSR count). The predicted molar refractivity (Wildman–Crippen MR) is 94.8 cm³/mol. The van der Waals surface area contributed by atoms with E-state index >= 15 is 0 Å². The molecule has 4 bridgehead atoms. The third kappa shape index (κ3) is 2.76. The smallest absolute Gasteiger partial charge is 0.272 e. The van der Waals surface area contributed by atoms with Crippen molar-refractivity contribution >= 4 is 5.91 Å². The van der Waals surface area contributed by atoms with Crippen molar-refractivity contribution in [1.82, 2.24) is 14.7 Å². The molecule has 0 aliphatic heterocycles. The van der Waals surface area contributed by atoms with Crippen molar-refractivity contribution in [2.45, 2.75) is 70.4 Å². The van der Waals surface area contributed by atoms with E-state index in [1.807, 2.05) is 24.6 Å². The maximum Gasteiger partial charge on any atom is 0.272 e. The largest absolute Gasteiger partial charge is 0.331 e. The first kappa shape index (κ1) is 16.6. The highest BCUT2D eigenvalue weighted by Gasteiger charge is 2.54. The minimum Gasteiger partial charge on any atom is -0.331 e. The summed E-state index contributed by atoms with van der Waals surface area (Å²) in [6.45, 7) is 4.65. The van der Waals surface area contributed by atoms with E-state index < -0.39 is 0 Å². The first-order valence-electron chi connectivity index (χ1n) is 9.75. The van der Waals surface area contributed by atoms with Gasteiger partial charge in [0.15, 0.2) is 0 Å². The molecule has 5 heteroatoms. The number of nitriles is 1. The fourth-order valence-electron chi connectivity index (χ4n) is 6.14. The number of hydrogen-bond donors (Lipinski definition) is 0. The number of hydrogen-bond acceptors (Lipinski definition) is 3. The van der Waals surface area contributed by atoms with Crippen LogP contribution in [0, 0.1) is 29.1 Å². The van der Waals surface area contributed by atoms with Gasteiger partial charge in [0.1, 0.15) is 5.69 Å². The fourth-order valence-corrected chi connectivity index (χ4v) is 6.14. The second kappa shape index (κ2) is 6.16. The third-order valence-electron chi connectivity index (χ3n) is 6.65. The Balaban J connectivity index is 1.68. The molecule has 4 aliphatic carbocycles. The molecule has 5 nitrogen and oxygen atoms in total. The first-order chi connectivity index (χ1) is 12.0. The van der Waals surface area contributed by atoms with Crippen LogP contribution in [0.2, 0.25) is 0 Å². The second-order valence-electron chi connectivity index (χ2n) is 8.76. The zero-order chi connectivity index (χ0) is 17.6. The lowest BCUT2D eigenvalue weighted by molar-refractivity contribution is -0.0744. The highest BCUT2D eigenvalue weighted by molar-refractivity contribution is 5.93. The topological polar surface area (TPSA) is 61.9 Å². The van der Waals surface area contributed by atoms with Crippen LogP contribution in [0.15, 0.2) is 12.3 Å². The molecule has 4 aliphatic rings. The normalized spacial score (nSPS) is 32.8. The minimum atomic E-state index is -0.0191. The Labute approximate surface area is 150 Å². The maximum atomic E-state index is 13.5. The lowest BCUT2D eigenvalue weighted by atomic mass is 9.52. The molecule has 0 atom stereocenters. The molecule has 0 unspecified atom stereocenters. The second-order valence-corrected chi connectivity index (χ2v) is 8.76. The van der Waals surface area contributed by atoms with E-state index in [1.54, 1.807) is 6.20 Å². The van der Waals surface area contributed by atoms with Gasteiger partial charge in [-0.3, -0.25) is 9.48 Å². The van der Waals surface area contributed by atoms with Gasteiger partial charge in [0.2, 0.25) is 0 Å². The Kier molecular flexibility index (Phi) is 4.10. The predicted octanol–water partition coefficient (Wildman–Crippen LogP) is 3.79. The van der Waals surface area contributed by atoms with Crippen molar-refractivity contribution < 1.29 is 4.79 Å². The average Bonchev–Trinajstić information content (AvgIpc) is 3.03. The van der Waals surface area contributed by atoms with Gasteiger partial charge in [0, 0.05) is 24.3 Å². The number of aromatic nitrogens is 2. The summed E-state index contributed by atoms with van der Waals surface area (Å²) in [4.78, 5) is 15.6. The SMILES string of the molecule is CC(C)n1nccc1C(=O)N(CCC#N)C12CC3CC(CC(C3)C1)C2. The highest BCUT2D eigenvalue weighted by Crippen LogP contribution is 2.58. The van der Waals surface area contributed by atoms with Gasteiger partial charge in [0.05, 0.1) is 12.5 Å². The molecular weight excluding hydrogens is 312 g/mol. The molecule has 0 radical (unpaired) electrons. The number of amides is 1. The molecule has 1 aromatic rings. The van der Waals surface area contributed by atoms with Crippen molar-refractivity contribution in [3.8, 4) is 6.07 Å². The zero-order valence-electron chi connectivity index (χ0n) is 15.3. The van der Waals surface area contributed by atoms with Crippen LogP contribution < -0.4 is 0 Å². The number of rotatable bonds is 5. The lowest BCUT2D eigenvalue weighted by Gasteiger charge is -2.60. The van der Waals surface area contributed by atoms with Gasteiger partial charge in [-0.25, -0.2) is 0 Å². The summed E-state index contributed by atoms with van der Waals surface area (Å²) in [6.07, 6.45) is 9.57. The van der Waals surface area contributed by atoms with Crippen LogP contribution in [-0.2, 0) is 0 Å². The Hall–Kier alpha value is -1.83. The summed E-state index contributed by atoms with van der Waals surface area (Å²) in [6, 6.07) is 4.24. The quantitative estimate of drug-likeness (QED) is 0.819. The summed E-state index contributed by atoms with van der Waals surface area (Å²) < 4.78 is 1.82. The molecule has 0 saturated heterocycles. The maximum absolute atomic E-state index is 13.5. The van der Waals surface area contributed by atoms with Gasteiger partial charge in [-0.15, -0.1) is 0 Å². The standard InChI is InChI=1S/C20H28N4O/c1-14(2)24-18(4-6-22-24)19(25)23(7-3-5-21)20-11-15-8-16(12-20)10-17(9-15)13-20/h4,6,14-17H,3,7-13H2,1-2H3. The first-order valence-corrected chi connectivity index (χ1v) is 9.75. The summed E-state index contributed by atoms with van der Waals surface area (Å²) in [7, 11) is 0. The Morgan fingerprint density at radius 3 is 2.44 bits per heavy atom.